The number of nitrogen functional groups attached to an aromatic ring is 1. The lowest BCUT2D eigenvalue weighted by atomic mass is 10.1. The minimum Gasteiger partial charge on any atom is -0.469 e. The molecule has 0 spiro atoms. The third kappa shape index (κ3) is 7.32. The number of β-amino-alcohol motifs (C(OH)–C–C–N with tert-alkyl or cyclic N) is 1. The molecule has 1 atom stereocenters. The Morgan fingerprint density at radius 1 is 1.09 bits per heavy atom. The number of likely N-dealkylation sites (tertiary alicyclic amines) is 1. The Kier molecular flexibility index (Phi) is 9.89. The molecule has 228 valence electrons. The van der Waals surface area contributed by atoms with Crippen molar-refractivity contribution in [3.8, 4) is 0 Å². The summed E-state index contributed by atoms with van der Waals surface area (Å²) in [6.07, 6.45) is 4.18. The number of nitrogens with two attached hydrogens (primary N) is 1. The number of carbonyl (C=O) groups is 2. The summed E-state index contributed by atoms with van der Waals surface area (Å²) in [6, 6.07) is 15.8. The molecule has 1 aliphatic heterocycles. The highest BCUT2D eigenvalue weighted by molar-refractivity contribution is 6.06. The minimum atomic E-state index is -0.378. The number of rotatable bonds is 13. The van der Waals surface area contributed by atoms with E-state index in [-0.39, 0.29) is 30.9 Å². The molecule has 1 aliphatic rings. The zero-order valence-corrected chi connectivity index (χ0v) is 25.2. The van der Waals surface area contributed by atoms with Gasteiger partial charge in [-0.25, -0.2) is 9.97 Å². The van der Waals surface area contributed by atoms with Gasteiger partial charge in [0.1, 0.15) is 11.3 Å². The second kappa shape index (κ2) is 14.0. The Morgan fingerprint density at radius 2 is 1.86 bits per heavy atom. The monoisotopic (exact) mass is 586 g/mol. The average Bonchev–Trinajstić information content (AvgIpc) is 3.59. The highest BCUT2D eigenvalue weighted by Gasteiger charge is 2.25. The third-order valence-electron chi connectivity index (χ3n) is 8.18. The second-order valence-corrected chi connectivity index (χ2v) is 11.4. The normalized spacial score (nSPS) is 15.4. The fraction of sp³-hybridized carbons (Fsp3) is 0.455. The number of hydrogen-bond donors (Lipinski definition) is 2. The summed E-state index contributed by atoms with van der Waals surface area (Å²) in [4.78, 5) is 38.7. The van der Waals surface area contributed by atoms with Crippen molar-refractivity contribution in [1.82, 2.24) is 24.3 Å². The number of hydrogen-bond acceptors (Lipinski definition) is 8. The van der Waals surface area contributed by atoms with Crippen molar-refractivity contribution in [2.75, 3.05) is 39.0 Å². The molecule has 10 heteroatoms. The van der Waals surface area contributed by atoms with Crippen LogP contribution in [-0.4, -0.2) is 80.7 Å². The predicted molar refractivity (Wildman–Crippen MR) is 167 cm³/mol. The topological polar surface area (TPSA) is 127 Å². The fourth-order valence-electron chi connectivity index (χ4n) is 5.85. The number of methoxy groups -OCH3 is 1. The van der Waals surface area contributed by atoms with E-state index in [0.717, 1.165) is 64.6 Å². The molecule has 4 aromatic rings. The van der Waals surface area contributed by atoms with E-state index in [0.29, 0.717) is 45.0 Å². The van der Waals surface area contributed by atoms with Gasteiger partial charge < -0.3 is 25.0 Å². The highest BCUT2D eigenvalue weighted by Crippen LogP contribution is 2.29. The van der Waals surface area contributed by atoms with Gasteiger partial charge in [0.15, 0.2) is 5.82 Å². The summed E-state index contributed by atoms with van der Waals surface area (Å²) >= 11 is 0. The van der Waals surface area contributed by atoms with Crippen molar-refractivity contribution >= 4 is 39.6 Å². The number of pyridine rings is 1. The quantitative estimate of drug-likeness (QED) is 0.227. The van der Waals surface area contributed by atoms with Crippen LogP contribution in [-0.2, 0) is 40.3 Å². The molecule has 1 amide bonds. The lowest BCUT2D eigenvalue weighted by Crippen LogP contribution is -2.40. The third-order valence-corrected chi connectivity index (χ3v) is 8.18. The van der Waals surface area contributed by atoms with E-state index in [1.165, 1.54) is 7.11 Å². The number of aliphatic hydroxyl groups excluding tert-OH is 1. The summed E-state index contributed by atoms with van der Waals surface area (Å²) in [5, 5.41) is 11.0. The first-order valence-electron chi connectivity index (χ1n) is 15.2. The number of unbranched alkanes of at least 4 members (excludes halogenated alkanes) is 1. The molecule has 2 aromatic heterocycles. The van der Waals surface area contributed by atoms with E-state index in [9.17, 15) is 14.7 Å². The zero-order valence-electron chi connectivity index (χ0n) is 25.2. The number of fused-ring (bicyclic) bond motifs is 3. The number of nitrogens with zero attached hydrogens (tertiary/aromatic N) is 5. The van der Waals surface area contributed by atoms with Gasteiger partial charge in [-0.1, -0.05) is 55.8 Å². The number of ether oxygens (including phenoxy) is 1. The lowest BCUT2D eigenvalue weighted by molar-refractivity contribution is -0.139. The number of para-hydroxylation sites is 1. The molecule has 0 unspecified atom stereocenters. The first-order chi connectivity index (χ1) is 20.9. The number of anilines is 1. The molecule has 0 aliphatic carbocycles. The molecule has 10 nitrogen and oxygen atoms in total. The van der Waals surface area contributed by atoms with Crippen molar-refractivity contribution in [2.24, 2.45) is 0 Å². The van der Waals surface area contributed by atoms with E-state index in [4.69, 9.17) is 15.5 Å². The standard InChI is InChI=1S/C33H42N6O4/c1-3-4-10-28-36-31-32(26-8-5-6-9-27(26)35-33(31)34)39(28)17-7-16-38(29(41)22-37-18-15-25(40)21-37)20-24-13-11-23(12-14-24)19-30(42)43-2/h5-6,8-9,11-14,25,40H,3-4,7,10,15-22H2,1-2H3,(H2,34,35)/t25-/m1/s1. The average molecular weight is 587 g/mol. The molecule has 5 rings (SSSR count). The smallest absolute Gasteiger partial charge is 0.309 e. The van der Waals surface area contributed by atoms with Gasteiger partial charge in [0.2, 0.25) is 5.91 Å². The van der Waals surface area contributed by atoms with Gasteiger partial charge in [-0.2, -0.15) is 0 Å². The first kappa shape index (κ1) is 30.4. The molecule has 43 heavy (non-hydrogen) atoms. The van der Waals surface area contributed by atoms with Crippen molar-refractivity contribution in [1.29, 1.82) is 0 Å². The first-order valence-corrected chi connectivity index (χ1v) is 15.2. The highest BCUT2D eigenvalue weighted by atomic mass is 16.5. The fourth-order valence-corrected chi connectivity index (χ4v) is 5.85. The van der Waals surface area contributed by atoms with Crippen LogP contribution in [0, 0.1) is 0 Å². The molecule has 2 aromatic carbocycles. The van der Waals surface area contributed by atoms with Gasteiger partial charge in [-0.15, -0.1) is 0 Å². The maximum Gasteiger partial charge on any atom is 0.309 e. The molecule has 1 fully saturated rings. The van der Waals surface area contributed by atoms with Gasteiger partial charge in [0.25, 0.3) is 0 Å². The maximum absolute atomic E-state index is 13.6. The number of carbonyl (C=O) groups excluding carboxylic acids is 2. The molecule has 0 radical (unpaired) electrons. The Morgan fingerprint density at radius 3 is 2.58 bits per heavy atom. The van der Waals surface area contributed by atoms with Crippen LogP contribution in [0.5, 0.6) is 0 Å². The van der Waals surface area contributed by atoms with Gasteiger partial charge in [0.05, 0.1) is 37.2 Å². The Balaban J connectivity index is 1.37. The molecular formula is C33H42N6O4. The van der Waals surface area contributed by atoms with Gasteiger partial charge in [-0.05, 0) is 36.5 Å². The summed E-state index contributed by atoms with van der Waals surface area (Å²) in [5.41, 5.74) is 10.8. The van der Waals surface area contributed by atoms with Crippen LogP contribution >= 0.6 is 0 Å². The number of aromatic nitrogens is 3. The summed E-state index contributed by atoms with van der Waals surface area (Å²) in [6.45, 7) is 5.39. The molecule has 3 heterocycles. The molecule has 3 N–H and O–H groups in total. The molecule has 0 bridgehead atoms. The van der Waals surface area contributed by atoms with Crippen LogP contribution in [0.2, 0.25) is 0 Å². The number of aryl methyl sites for hydroxylation is 2. The van der Waals surface area contributed by atoms with Crippen LogP contribution in [0.1, 0.15) is 49.6 Å². The van der Waals surface area contributed by atoms with Gasteiger partial charge in [-0.3, -0.25) is 14.5 Å². The predicted octanol–water partition coefficient (Wildman–Crippen LogP) is 3.71. The lowest BCUT2D eigenvalue weighted by Gasteiger charge is -2.26. The molecule has 1 saturated heterocycles. The SMILES string of the molecule is CCCCc1nc2c(N)nc3ccccc3c2n1CCCN(Cc1ccc(CC(=O)OC)cc1)C(=O)CN1CC[C@@H](O)C1. The maximum atomic E-state index is 13.6. The zero-order chi connectivity index (χ0) is 30.3. The Labute approximate surface area is 252 Å². The van der Waals surface area contributed by atoms with Crippen LogP contribution in [0.25, 0.3) is 21.9 Å². The summed E-state index contributed by atoms with van der Waals surface area (Å²) in [5.74, 6) is 1.18. The van der Waals surface area contributed by atoms with E-state index >= 15 is 0 Å². The number of amides is 1. The van der Waals surface area contributed by atoms with Gasteiger partial charge >= 0.3 is 5.97 Å². The largest absolute Gasteiger partial charge is 0.469 e. The summed E-state index contributed by atoms with van der Waals surface area (Å²) in [7, 11) is 1.38. The Bertz CT molecular complexity index is 1570. The summed E-state index contributed by atoms with van der Waals surface area (Å²) < 4.78 is 7.05. The van der Waals surface area contributed by atoms with Crippen molar-refractivity contribution < 1.29 is 19.4 Å². The van der Waals surface area contributed by atoms with E-state index in [1.807, 2.05) is 52.3 Å². The number of aliphatic hydroxyl groups is 1. The van der Waals surface area contributed by atoms with Crippen LogP contribution in [0.3, 0.4) is 0 Å². The van der Waals surface area contributed by atoms with E-state index in [1.54, 1.807) is 0 Å². The molecule has 0 saturated carbocycles. The van der Waals surface area contributed by atoms with Crippen LogP contribution in [0.15, 0.2) is 48.5 Å². The van der Waals surface area contributed by atoms with E-state index < -0.39 is 0 Å². The van der Waals surface area contributed by atoms with Crippen molar-refractivity contribution in [3.05, 3.63) is 65.5 Å². The van der Waals surface area contributed by atoms with Crippen molar-refractivity contribution in [2.45, 2.75) is 64.6 Å². The van der Waals surface area contributed by atoms with Gasteiger partial charge in [0, 0.05) is 44.5 Å². The molecular weight excluding hydrogens is 544 g/mol. The van der Waals surface area contributed by atoms with Crippen LogP contribution < -0.4 is 5.73 Å². The number of benzene rings is 2. The van der Waals surface area contributed by atoms with Crippen molar-refractivity contribution in [3.63, 3.8) is 0 Å². The number of imidazole rings is 1. The second-order valence-electron chi connectivity index (χ2n) is 11.4. The van der Waals surface area contributed by atoms with Crippen LogP contribution in [0.4, 0.5) is 5.82 Å². The van der Waals surface area contributed by atoms with E-state index in [2.05, 4.69) is 22.5 Å². The Hall–Kier alpha value is -4.02. The minimum absolute atomic E-state index is 0.0355. The number of esters is 1.